The maximum atomic E-state index is 13.7. The summed E-state index contributed by atoms with van der Waals surface area (Å²) in [4.78, 5) is -0.534. The van der Waals surface area contributed by atoms with Gasteiger partial charge in [-0.1, -0.05) is 24.3 Å². The van der Waals surface area contributed by atoms with Gasteiger partial charge in [0.1, 0.15) is 16.5 Å². The van der Waals surface area contributed by atoms with E-state index in [9.17, 15) is 17.2 Å². The Morgan fingerprint density at radius 1 is 1.10 bits per heavy atom. The first kappa shape index (κ1) is 14.2. The average molecular weight is 309 g/mol. The van der Waals surface area contributed by atoms with Crippen LogP contribution in [-0.2, 0) is 16.4 Å². The lowest BCUT2D eigenvalue weighted by molar-refractivity contribution is 0.530. The van der Waals surface area contributed by atoms with Gasteiger partial charge in [-0.25, -0.2) is 21.9 Å². The van der Waals surface area contributed by atoms with Crippen molar-refractivity contribution in [2.24, 2.45) is 0 Å². The molecule has 0 heterocycles. The summed E-state index contributed by atoms with van der Waals surface area (Å²) in [5.41, 5.74) is 1.99. The van der Waals surface area contributed by atoms with Gasteiger partial charge in [-0.3, -0.25) is 0 Å². The summed E-state index contributed by atoms with van der Waals surface area (Å²) < 4.78 is 53.5. The zero-order valence-corrected chi connectivity index (χ0v) is 11.8. The summed E-state index contributed by atoms with van der Waals surface area (Å²) in [6, 6.07) is 9.60. The van der Waals surface area contributed by atoms with Crippen molar-refractivity contribution in [3.8, 4) is 0 Å². The number of hydrogen-bond donors (Lipinski definition) is 1. The molecule has 1 N–H and O–H groups in total. The van der Waals surface area contributed by atoms with E-state index in [2.05, 4.69) is 4.72 Å². The molecule has 0 aliphatic heterocycles. The fourth-order valence-corrected chi connectivity index (χ4v) is 3.93. The van der Waals surface area contributed by atoms with Gasteiger partial charge in [0, 0.05) is 12.1 Å². The molecular formula is C15H13F2NO2S. The van der Waals surface area contributed by atoms with Gasteiger partial charge in [-0.15, -0.1) is 0 Å². The minimum absolute atomic E-state index is 0.379. The molecule has 2 aromatic carbocycles. The second-order valence-corrected chi connectivity index (χ2v) is 6.67. The molecule has 0 fully saturated rings. The first-order valence-corrected chi connectivity index (χ1v) is 8.01. The summed E-state index contributed by atoms with van der Waals surface area (Å²) in [5.74, 6) is -1.90. The first-order valence-electron chi connectivity index (χ1n) is 6.52. The van der Waals surface area contributed by atoms with E-state index in [1.54, 1.807) is 0 Å². The molecular weight excluding hydrogens is 296 g/mol. The summed E-state index contributed by atoms with van der Waals surface area (Å²) in [7, 11) is -4.03. The molecule has 0 spiro atoms. The van der Waals surface area contributed by atoms with Crippen molar-refractivity contribution in [3.63, 3.8) is 0 Å². The van der Waals surface area contributed by atoms with E-state index in [1.807, 2.05) is 24.3 Å². The molecule has 0 amide bonds. The molecule has 1 aliphatic carbocycles. The Bertz CT molecular complexity index is 790. The van der Waals surface area contributed by atoms with Crippen molar-refractivity contribution < 1.29 is 17.2 Å². The van der Waals surface area contributed by atoms with Crippen LogP contribution in [0.2, 0.25) is 0 Å². The quantitative estimate of drug-likeness (QED) is 0.947. The van der Waals surface area contributed by atoms with Gasteiger partial charge in [-0.05, 0) is 36.1 Å². The van der Waals surface area contributed by atoms with Crippen molar-refractivity contribution in [1.29, 1.82) is 0 Å². The van der Waals surface area contributed by atoms with Crippen LogP contribution in [0, 0.1) is 11.6 Å². The molecule has 0 bridgehead atoms. The van der Waals surface area contributed by atoms with E-state index in [-0.39, 0.29) is 6.04 Å². The van der Waals surface area contributed by atoms with E-state index < -0.39 is 26.6 Å². The maximum absolute atomic E-state index is 13.7. The van der Waals surface area contributed by atoms with Crippen molar-refractivity contribution in [2.75, 3.05) is 0 Å². The molecule has 3 nitrogen and oxygen atoms in total. The Labute approximate surface area is 121 Å². The SMILES string of the molecule is O=S(=O)(NC1CCc2ccccc21)c1ccc(F)cc1F. The Kier molecular flexibility index (Phi) is 3.51. The number of rotatable bonds is 3. The van der Waals surface area contributed by atoms with Crippen LogP contribution >= 0.6 is 0 Å². The molecule has 0 radical (unpaired) electrons. The fourth-order valence-electron chi connectivity index (χ4n) is 2.62. The Hall–Kier alpha value is -1.79. The molecule has 2 aromatic rings. The minimum Gasteiger partial charge on any atom is -0.207 e. The molecule has 3 rings (SSSR count). The maximum Gasteiger partial charge on any atom is 0.244 e. The summed E-state index contributed by atoms with van der Waals surface area (Å²) in [6.45, 7) is 0. The third-order valence-electron chi connectivity index (χ3n) is 3.61. The van der Waals surface area contributed by atoms with Crippen molar-refractivity contribution in [3.05, 3.63) is 65.2 Å². The standard InChI is InChI=1S/C15H13F2NO2S/c16-11-6-8-15(13(17)9-11)21(19,20)18-14-7-5-10-3-1-2-4-12(10)14/h1-4,6,8-9,14,18H,5,7H2. The first-order chi connectivity index (χ1) is 9.97. The molecule has 21 heavy (non-hydrogen) atoms. The molecule has 1 atom stereocenters. The lowest BCUT2D eigenvalue weighted by Crippen LogP contribution is -2.28. The highest BCUT2D eigenvalue weighted by Gasteiger charge is 2.28. The Morgan fingerprint density at radius 2 is 1.86 bits per heavy atom. The second-order valence-electron chi connectivity index (χ2n) is 4.99. The minimum atomic E-state index is -4.03. The largest absolute Gasteiger partial charge is 0.244 e. The molecule has 1 unspecified atom stereocenters. The van der Waals surface area contributed by atoms with Gasteiger partial charge in [0.05, 0.1) is 0 Å². The van der Waals surface area contributed by atoms with Crippen molar-refractivity contribution in [2.45, 2.75) is 23.8 Å². The van der Waals surface area contributed by atoms with Crippen molar-refractivity contribution >= 4 is 10.0 Å². The van der Waals surface area contributed by atoms with Gasteiger partial charge < -0.3 is 0 Å². The number of sulfonamides is 1. The fraction of sp³-hybridized carbons (Fsp3) is 0.200. The van der Waals surface area contributed by atoms with E-state index in [1.165, 1.54) is 0 Å². The highest BCUT2D eigenvalue weighted by molar-refractivity contribution is 7.89. The number of hydrogen-bond acceptors (Lipinski definition) is 2. The van der Waals surface area contributed by atoms with E-state index >= 15 is 0 Å². The normalized spacial score (nSPS) is 17.7. The van der Waals surface area contributed by atoms with Crippen LogP contribution in [0.5, 0.6) is 0 Å². The molecule has 1 aliphatic rings. The summed E-state index contributed by atoms with van der Waals surface area (Å²) in [5, 5.41) is 0. The van der Waals surface area contributed by atoms with Crippen LogP contribution in [-0.4, -0.2) is 8.42 Å². The van der Waals surface area contributed by atoms with Gasteiger partial charge in [0.2, 0.25) is 10.0 Å². The second kappa shape index (κ2) is 5.20. The molecule has 110 valence electrons. The van der Waals surface area contributed by atoms with Crippen LogP contribution in [0.4, 0.5) is 8.78 Å². The highest BCUT2D eigenvalue weighted by Crippen LogP contribution is 2.32. The Balaban J connectivity index is 1.91. The zero-order valence-electron chi connectivity index (χ0n) is 11.0. The van der Waals surface area contributed by atoms with Gasteiger partial charge in [0.25, 0.3) is 0 Å². The highest BCUT2D eigenvalue weighted by atomic mass is 32.2. The summed E-state index contributed by atoms with van der Waals surface area (Å²) >= 11 is 0. The number of nitrogens with one attached hydrogen (secondary N) is 1. The van der Waals surface area contributed by atoms with Crippen LogP contribution in [0.3, 0.4) is 0 Å². The van der Waals surface area contributed by atoms with E-state index in [4.69, 9.17) is 0 Å². The monoisotopic (exact) mass is 309 g/mol. The smallest absolute Gasteiger partial charge is 0.207 e. The van der Waals surface area contributed by atoms with Crippen LogP contribution in [0.15, 0.2) is 47.4 Å². The van der Waals surface area contributed by atoms with E-state index in [0.29, 0.717) is 12.5 Å². The lowest BCUT2D eigenvalue weighted by atomic mass is 10.1. The summed E-state index contributed by atoms with van der Waals surface area (Å²) in [6.07, 6.45) is 1.40. The number of fused-ring (bicyclic) bond motifs is 1. The van der Waals surface area contributed by atoms with Gasteiger partial charge >= 0.3 is 0 Å². The van der Waals surface area contributed by atoms with Gasteiger partial charge in [0.15, 0.2) is 0 Å². The predicted molar refractivity (Wildman–Crippen MR) is 74.2 cm³/mol. The molecule has 0 saturated carbocycles. The number of aryl methyl sites for hydroxylation is 1. The Morgan fingerprint density at radius 3 is 2.62 bits per heavy atom. The number of halogens is 2. The van der Waals surface area contributed by atoms with Crippen LogP contribution in [0.25, 0.3) is 0 Å². The topological polar surface area (TPSA) is 46.2 Å². The third-order valence-corrected chi connectivity index (χ3v) is 5.12. The molecule has 0 saturated heterocycles. The number of benzene rings is 2. The van der Waals surface area contributed by atoms with Gasteiger partial charge in [-0.2, -0.15) is 0 Å². The predicted octanol–water partition coefficient (Wildman–Crippen LogP) is 2.93. The molecule has 0 aromatic heterocycles. The van der Waals surface area contributed by atoms with Crippen LogP contribution in [0.1, 0.15) is 23.6 Å². The average Bonchev–Trinajstić information content (AvgIpc) is 2.81. The van der Waals surface area contributed by atoms with E-state index in [0.717, 1.165) is 29.7 Å². The molecule has 6 heteroatoms. The third kappa shape index (κ3) is 2.69. The zero-order chi connectivity index (χ0) is 15.0. The van der Waals surface area contributed by atoms with Crippen LogP contribution < -0.4 is 4.72 Å². The van der Waals surface area contributed by atoms with Crippen molar-refractivity contribution in [1.82, 2.24) is 4.72 Å². The lowest BCUT2D eigenvalue weighted by Gasteiger charge is -2.15.